The average Bonchev–Trinajstić information content (AvgIpc) is 3.39. The minimum atomic E-state index is -0.172. The molecule has 1 aromatic carbocycles. The van der Waals surface area contributed by atoms with Crippen LogP contribution in [0.1, 0.15) is 18.4 Å². The number of aromatic nitrogens is 4. The smallest absolute Gasteiger partial charge is 0.282 e. The van der Waals surface area contributed by atoms with Gasteiger partial charge in [-0.15, -0.1) is 0 Å². The zero-order chi connectivity index (χ0) is 19.8. The molecule has 9 heteroatoms. The molecule has 1 saturated carbocycles. The van der Waals surface area contributed by atoms with Gasteiger partial charge < -0.3 is 5.32 Å². The Morgan fingerprint density at radius 1 is 1.39 bits per heavy atom. The Morgan fingerprint density at radius 3 is 2.93 bits per heavy atom. The lowest BCUT2D eigenvalue weighted by molar-refractivity contribution is -0.113. The van der Waals surface area contributed by atoms with Crippen molar-refractivity contribution in [3.05, 3.63) is 45.3 Å². The molecule has 0 bridgehead atoms. The van der Waals surface area contributed by atoms with Gasteiger partial charge >= 0.3 is 0 Å². The van der Waals surface area contributed by atoms with E-state index in [1.165, 1.54) is 11.8 Å². The van der Waals surface area contributed by atoms with Crippen LogP contribution in [0.3, 0.4) is 0 Å². The number of carbonyl (C=O) groups excluding carboxylic acids is 1. The predicted octanol–water partition coefficient (Wildman–Crippen LogP) is 3.23. The lowest BCUT2D eigenvalue weighted by Crippen LogP contribution is -2.25. The van der Waals surface area contributed by atoms with Crippen molar-refractivity contribution in [2.75, 3.05) is 11.1 Å². The quantitative estimate of drug-likeness (QED) is 0.492. The molecule has 28 heavy (non-hydrogen) atoms. The number of fused-ring (bicyclic) bond motifs is 1. The van der Waals surface area contributed by atoms with Gasteiger partial charge in [-0.25, -0.2) is 4.98 Å². The zero-order valence-corrected chi connectivity index (χ0v) is 17.2. The van der Waals surface area contributed by atoms with Crippen molar-refractivity contribution in [3.8, 4) is 0 Å². The number of nitrogens with zero attached hydrogens (tertiary/aromatic N) is 4. The van der Waals surface area contributed by atoms with Gasteiger partial charge in [-0.2, -0.15) is 5.10 Å². The monoisotopic (exact) mass is 417 g/mol. The van der Waals surface area contributed by atoms with E-state index in [-0.39, 0.29) is 17.2 Å². The fourth-order valence-electron chi connectivity index (χ4n) is 2.96. The van der Waals surface area contributed by atoms with Gasteiger partial charge in [0.05, 0.1) is 11.9 Å². The molecule has 0 aliphatic heterocycles. The molecule has 3 aromatic rings. The molecule has 0 radical (unpaired) electrons. The third kappa shape index (κ3) is 4.07. The van der Waals surface area contributed by atoms with Crippen LogP contribution < -0.4 is 10.9 Å². The summed E-state index contributed by atoms with van der Waals surface area (Å²) in [6.45, 7) is 2.53. The molecule has 1 N–H and O–H groups in total. The Bertz CT molecular complexity index is 1120. The first-order valence-electron chi connectivity index (χ1n) is 9.03. The Labute approximate surface area is 171 Å². The minimum absolute atomic E-state index is 0.147. The van der Waals surface area contributed by atoms with E-state index in [0.29, 0.717) is 39.4 Å². The van der Waals surface area contributed by atoms with Crippen molar-refractivity contribution in [1.29, 1.82) is 0 Å². The first-order valence-corrected chi connectivity index (χ1v) is 10.4. The van der Waals surface area contributed by atoms with E-state index in [9.17, 15) is 9.59 Å². The Hall–Kier alpha value is -2.32. The standard InChI is InChI=1S/C19H20ClN5O2S/c1-11-3-6-13(20)7-14(11)21-16(26)10-28-19-22-15-9-24(2)23-17(15)18(27)25(19)8-12-4-5-12/h3,6-7,9,12H,4-5,8,10H2,1-2H3,(H,21,26). The normalized spacial score (nSPS) is 13.8. The molecule has 1 fully saturated rings. The van der Waals surface area contributed by atoms with Crippen molar-refractivity contribution in [1.82, 2.24) is 19.3 Å². The van der Waals surface area contributed by atoms with Gasteiger partial charge in [0.25, 0.3) is 5.56 Å². The van der Waals surface area contributed by atoms with Crippen LogP contribution in [0.2, 0.25) is 5.02 Å². The van der Waals surface area contributed by atoms with Crippen LogP contribution in [0.4, 0.5) is 5.69 Å². The largest absolute Gasteiger partial charge is 0.325 e. The third-order valence-electron chi connectivity index (χ3n) is 4.65. The molecule has 2 aromatic heterocycles. The van der Waals surface area contributed by atoms with E-state index >= 15 is 0 Å². The molecule has 0 saturated heterocycles. The van der Waals surface area contributed by atoms with Crippen molar-refractivity contribution >= 4 is 46.0 Å². The van der Waals surface area contributed by atoms with Gasteiger partial charge in [0.1, 0.15) is 5.52 Å². The molecular formula is C19H20ClN5O2S. The predicted molar refractivity (Wildman–Crippen MR) is 111 cm³/mol. The molecule has 2 heterocycles. The second kappa shape index (κ2) is 7.60. The fraction of sp³-hybridized carbons (Fsp3) is 0.368. The number of halogens is 1. The highest BCUT2D eigenvalue weighted by atomic mass is 35.5. The molecular weight excluding hydrogens is 398 g/mol. The van der Waals surface area contributed by atoms with Crippen LogP contribution in [0.15, 0.2) is 34.3 Å². The number of amides is 1. The van der Waals surface area contributed by atoms with Crippen molar-refractivity contribution < 1.29 is 4.79 Å². The molecule has 1 aliphatic carbocycles. The Morgan fingerprint density at radius 2 is 2.18 bits per heavy atom. The van der Waals surface area contributed by atoms with Crippen LogP contribution in [0, 0.1) is 12.8 Å². The van der Waals surface area contributed by atoms with Crippen molar-refractivity contribution in [2.24, 2.45) is 13.0 Å². The third-order valence-corrected chi connectivity index (χ3v) is 5.86. The molecule has 7 nitrogen and oxygen atoms in total. The first-order chi connectivity index (χ1) is 13.4. The number of aryl methyl sites for hydroxylation is 2. The van der Waals surface area contributed by atoms with Gasteiger partial charge in [0, 0.05) is 24.3 Å². The summed E-state index contributed by atoms with van der Waals surface area (Å²) in [5.74, 6) is 0.478. The van der Waals surface area contributed by atoms with Gasteiger partial charge in [0.15, 0.2) is 10.7 Å². The summed E-state index contributed by atoms with van der Waals surface area (Å²) in [6, 6.07) is 5.36. The second-order valence-electron chi connectivity index (χ2n) is 7.09. The van der Waals surface area contributed by atoms with E-state index in [4.69, 9.17) is 11.6 Å². The van der Waals surface area contributed by atoms with E-state index in [2.05, 4.69) is 15.4 Å². The van der Waals surface area contributed by atoms with Gasteiger partial charge in [-0.3, -0.25) is 18.8 Å². The van der Waals surface area contributed by atoms with E-state index in [0.717, 1.165) is 18.4 Å². The molecule has 4 rings (SSSR count). The topological polar surface area (TPSA) is 81.8 Å². The second-order valence-corrected chi connectivity index (χ2v) is 8.47. The number of thioether (sulfide) groups is 1. The summed E-state index contributed by atoms with van der Waals surface area (Å²) in [4.78, 5) is 29.9. The number of hydrogen-bond donors (Lipinski definition) is 1. The zero-order valence-electron chi connectivity index (χ0n) is 15.6. The SMILES string of the molecule is Cc1ccc(Cl)cc1NC(=O)CSc1nc2cn(C)nc2c(=O)n1CC1CC1. The highest BCUT2D eigenvalue weighted by Crippen LogP contribution is 2.31. The summed E-state index contributed by atoms with van der Waals surface area (Å²) >= 11 is 7.27. The number of benzene rings is 1. The molecule has 1 amide bonds. The van der Waals surface area contributed by atoms with Gasteiger partial charge in [-0.05, 0) is 43.4 Å². The maximum atomic E-state index is 12.9. The number of carbonyl (C=O) groups is 1. The van der Waals surface area contributed by atoms with E-state index < -0.39 is 0 Å². The molecule has 0 atom stereocenters. The van der Waals surface area contributed by atoms with Gasteiger partial charge in [0.2, 0.25) is 5.91 Å². The minimum Gasteiger partial charge on any atom is -0.325 e. The maximum absolute atomic E-state index is 12.9. The van der Waals surface area contributed by atoms with Crippen LogP contribution in [-0.2, 0) is 18.4 Å². The maximum Gasteiger partial charge on any atom is 0.282 e. The van der Waals surface area contributed by atoms with E-state index in [1.54, 1.807) is 34.6 Å². The summed E-state index contributed by atoms with van der Waals surface area (Å²) in [5, 5.41) is 8.22. The lowest BCUT2D eigenvalue weighted by Gasteiger charge is -2.12. The highest BCUT2D eigenvalue weighted by molar-refractivity contribution is 7.99. The number of hydrogen-bond acceptors (Lipinski definition) is 5. The Kier molecular flexibility index (Phi) is 5.16. The highest BCUT2D eigenvalue weighted by Gasteiger charge is 2.25. The number of nitrogens with one attached hydrogen (secondary N) is 1. The summed E-state index contributed by atoms with van der Waals surface area (Å²) < 4.78 is 3.25. The van der Waals surface area contributed by atoms with Crippen LogP contribution >= 0.6 is 23.4 Å². The van der Waals surface area contributed by atoms with Crippen LogP contribution in [0.25, 0.3) is 11.0 Å². The number of anilines is 1. The van der Waals surface area contributed by atoms with E-state index in [1.807, 2.05) is 13.0 Å². The van der Waals surface area contributed by atoms with Crippen LogP contribution in [-0.4, -0.2) is 31.0 Å². The lowest BCUT2D eigenvalue weighted by atomic mass is 10.2. The molecule has 0 spiro atoms. The average molecular weight is 418 g/mol. The Balaban J connectivity index is 1.55. The first kappa shape index (κ1) is 19.0. The summed E-state index contributed by atoms with van der Waals surface area (Å²) in [7, 11) is 1.76. The number of rotatable bonds is 6. The van der Waals surface area contributed by atoms with Crippen LogP contribution in [0.5, 0.6) is 0 Å². The summed E-state index contributed by atoms with van der Waals surface area (Å²) in [6.07, 6.45) is 3.95. The van der Waals surface area contributed by atoms with Crippen molar-refractivity contribution in [3.63, 3.8) is 0 Å². The van der Waals surface area contributed by atoms with Gasteiger partial charge in [-0.1, -0.05) is 29.4 Å². The van der Waals surface area contributed by atoms with Crippen molar-refractivity contribution in [2.45, 2.75) is 31.5 Å². The summed E-state index contributed by atoms with van der Waals surface area (Å²) in [5.41, 5.74) is 2.39. The fourth-order valence-corrected chi connectivity index (χ4v) is 3.94. The molecule has 0 unspecified atom stereocenters. The molecule has 146 valence electrons. The molecule has 1 aliphatic rings.